The summed E-state index contributed by atoms with van der Waals surface area (Å²) in [4.78, 5) is 0. The smallest absolute Gasteiger partial charge is 0.167 e. The van der Waals surface area contributed by atoms with E-state index in [9.17, 15) is 0 Å². The lowest BCUT2D eigenvalue weighted by Crippen LogP contribution is -2.41. The summed E-state index contributed by atoms with van der Waals surface area (Å²) in [6.07, 6.45) is 6.00. The Bertz CT molecular complexity index is 499. The van der Waals surface area contributed by atoms with E-state index in [4.69, 9.17) is 21.1 Å². The lowest BCUT2D eigenvalue weighted by Gasteiger charge is -2.30. The summed E-state index contributed by atoms with van der Waals surface area (Å²) in [5, 5.41) is 0.761. The van der Waals surface area contributed by atoms with Crippen LogP contribution in [-0.4, -0.2) is 17.0 Å². The highest BCUT2D eigenvalue weighted by Crippen LogP contribution is 2.45. The average Bonchev–Trinajstić information content (AvgIpc) is 2.51. The molecule has 1 heterocycles. The van der Waals surface area contributed by atoms with Crippen LogP contribution in [0.3, 0.4) is 0 Å². The van der Waals surface area contributed by atoms with Gasteiger partial charge in [-0.1, -0.05) is 35.9 Å². The molecule has 2 rings (SSSR count). The summed E-state index contributed by atoms with van der Waals surface area (Å²) in [6, 6.07) is 7.82. The number of hydrogen-bond acceptors (Lipinski definition) is 2. The van der Waals surface area contributed by atoms with Crippen LogP contribution in [0.4, 0.5) is 0 Å². The van der Waals surface area contributed by atoms with Crippen LogP contribution in [0.25, 0.3) is 6.08 Å². The monoisotopic (exact) mass is 308 g/mol. The summed E-state index contributed by atoms with van der Waals surface area (Å²) in [6.45, 7) is 10.4. The lowest BCUT2D eigenvalue weighted by molar-refractivity contribution is -0.181. The molecule has 21 heavy (non-hydrogen) atoms. The molecule has 0 amide bonds. The number of benzene rings is 1. The zero-order valence-corrected chi connectivity index (χ0v) is 14.3. The van der Waals surface area contributed by atoms with E-state index in [1.54, 1.807) is 0 Å². The Morgan fingerprint density at radius 1 is 0.952 bits per heavy atom. The Hall–Kier alpha value is -0.830. The predicted molar refractivity (Wildman–Crippen MR) is 88.5 cm³/mol. The molecule has 2 nitrogen and oxygen atoms in total. The molecule has 1 fully saturated rings. The van der Waals surface area contributed by atoms with Gasteiger partial charge in [-0.05, 0) is 58.7 Å². The van der Waals surface area contributed by atoms with Crippen molar-refractivity contribution in [1.82, 2.24) is 0 Å². The first-order valence-electron chi connectivity index (χ1n) is 7.46. The largest absolute Gasteiger partial charge is 0.341 e. The molecule has 1 aliphatic rings. The minimum Gasteiger partial charge on any atom is -0.341 e. The van der Waals surface area contributed by atoms with Crippen molar-refractivity contribution in [2.24, 2.45) is 0 Å². The third-order valence-electron chi connectivity index (χ3n) is 4.34. The fourth-order valence-corrected chi connectivity index (χ4v) is 2.71. The second-order valence-electron chi connectivity index (χ2n) is 6.85. The minimum atomic E-state index is -0.517. The molecule has 1 aliphatic heterocycles. The number of ether oxygens (including phenoxy) is 2. The highest BCUT2D eigenvalue weighted by molar-refractivity contribution is 6.30. The van der Waals surface area contributed by atoms with E-state index in [-0.39, 0.29) is 11.2 Å². The quantitative estimate of drug-likeness (QED) is 0.736. The number of allylic oxidation sites excluding steroid dienone is 1. The normalized spacial score (nSPS) is 22.8. The first kappa shape index (κ1) is 16.5. The second kappa shape index (κ2) is 5.75. The highest BCUT2D eigenvalue weighted by Gasteiger charge is 2.54. The van der Waals surface area contributed by atoms with Gasteiger partial charge in [0, 0.05) is 11.4 Å². The maximum absolute atomic E-state index is 6.15. The number of halogens is 1. The van der Waals surface area contributed by atoms with Crippen molar-refractivity contribution >= 4 is 17.7 Å². The summed E-state index contributed by atoms with van der Waals surface area (Å²) >= 11 is 5.87. The van der Waals surface area contributed by atoms with Crippen molar-refractivity contribution in [3.8, 4) is 0 Å². The number of rotatable bonds is 4. The molecule has 0 saturated carbocycles. The molecule has 0 atom stereocenters. The van der Waals surface area contributed by atoms with Crippen LogP contribution in [0.2, 0.25) is 5.02 Å². The Balaban J connectivity index is 1.90. The average molecular weight is 309 g/mol. The number of hydrogen-bond donors (Lipinski definition) is 0. The molecule has 1 saturated heterocycles. The van der Waals surface area contributed by atoms with Gasteiger partial charge in [-0.25, -0.2) is 0 Å². The minimum absolute atomic E-state index is 0.276. The molecular formula is C18H25ClO2. The molecular weight excluding hydrogens is 284 g/mol. The van der Waals surface area contributed by atoms with E-state index in [0.29, 0.717) is 0 Å². The Morgan fingerprint density at radius 2 is 1.48 bits per heavy atom. The van der Waals surface area contributed by atoms with Crippen molar-refractivity contribution < 1.29 is 9.47 Å². The van der Waals surface area contributed by atoms with Gasteiger partial charge in [0.25, 0.3) is 0 Å². The van der Waals surface area contributed by atoms with Crippen molar-refractivity contribution in [3.05, 3.63) is 40.9 Å². The lowest BCUT2D eigenvalue weighted by atomic mass is 9.90. The predicted octanol–water partition coefficient (Wildman–Crippen LogP) is 5.45. The summed E-state index contributed by atoms with van der Waals surface area (Å²) in [5.74, 6) is -0.517. The van der Waals surface area contributed by atoms with Gasteiger partial charge >= 0.3 is 0 Å². The molecule has 0 unspecified atom stereocenters. The van der Waals surface area contributed by atoms with Gasteiger partial charge in [0.2, 0.25) is 0 Å². The zero-order chi connectivity index (χ0) is 15.7. The molecule has 3 heteroatoms. The molecule has 0 spiro atoms. The molecule has 1 aromatic carbocycles. The van der Waals surface area contributed by atoms with Crippen molar-refractivity contribution in [2.45, 2.75) is 64.4 Å². The van der Waals surface area contributed by atoms with Crippen molar-refractivity contribution in [3.63, 3.8) is 0 Å². The molecule has 0 N–H and O–H groups in total. The Kier molecular flexibility index (Phi) is 4.53. The fraction of sp³-hybridized carbons (Fsp3) is 0.556. The summed E-state index contributed by atoms with van der Waals surface area (Å²) < 4.78 is 12.3. The van der Waals surface area contributed by atoms with Gasteiger partial charge in [-0.3, -0.25) is 0 Å². The van der Waals surface area contributed by atoms with E-state index < -0.39 is 5.79 Å². The van der Waals surface area contributed by atoms with E-state index in [2.05, 4.69) is 39.8 Å². The van der Waals surface area contributed by atoms with Gasteiger partial charge < -0.3 is 9.47 Å². The second-order valence-corrected chi connectivity index (χ2v) is 7.29. The van der Waals surface area contributed by atoms with Crippen LogP contribution in [0, 0.1) is 0 Å². The van der Waals surface area contributed by atoms with Crippen LogP contribution >= 0.6 is 11.6 Å². The van der Waals surface area contributed by atoms with Crippen molar-refractivity contribution in [2.75, 3.05) is 0 Å². The van der Waals surface area contributed by atoms with Crippen LogP contribution in [-0.2, 0) is 9.47 Å². The molecule has 0 aliphatic carbocycles. The molecule has 0 aromatic heterocycles. The topological polar surface area (TPSA) is 18.5 Å². The van der Waals surface area contributed by atoms with Gasteiger partial charge in [-0.2, -0.15) is 0 Å². The van der Waals surface area contributed by atoms with Crippen molar-refractivity contribution in [1.29, 1.82) is 0 Å². The van der Waals surface area contributed by atoms with E-state index in [1.165, 1.54) is 0 Å². The van der Waals surface area contributed by atoms with Gasteiger partial charge in [-0.15, -0.1) is 0 Å². The van der Waals surface area contributed by atoms with Crippen LogP contribution < -0.4 is 0 Å². The Morgan fingerprint density at radius 3 is 2.00 bits per heavy atom. The van der Waals surface area contributed by atoms with Crippen LogP contribution in [0.15, 0.2) is 30.3 Å². The summed E-state index contributed by atoms with van der Waals surface area (Å²) in [5.41, 5.74) is 0.599. The van der Waals surface area contributed by atoms with E-state index >= 15 is 0 Å². The third kappa shape index (κ3) is 3.88. The molecule has 1 aromatic rings. The van der Waals surface area contributed by atoms with Crippen LogP contribution in [0.1, 0.15) is 53.0 Å². The maximum atomic E-state index is 6.15. The standard InChI is InChI=1S/C18H25ClO2/c1-16(2)17(3,4)21-18(5,20-16)13-7-6-8-14-9-11-15(19)12-10-14/h6,8-12H,7,13H2,1-5H3/b8-6+. The SMILES string of the molecule is CC1(CC/C=C/c2ccc(Cl)cc2)OC(C)(C)C(C)(C)O1. The molecule has 0 bridgehead atoms. The fourth-order valence-electron chi connectivity index (χ4n) is 2.59. The van der Waals surface area contributed by atoms with Gasteiger partial charge in [0.1, 0.15) is 0 Å². The van der Waals surface area contributed by atoms with Gasteiger partial charge in [0.05, 0.1) is 11.2 Å². The molecule has 0 radical (unpaired) electrons. The van der Waals surface area contributed by atoms with E-state index in [1.807, 2.05) is 31.2 Å². The zero-order valence-electron chi connectivity index (χ0n) is 13.6. The third-order valence-corrected chi connectivity index (χ3v) is 4.59. The molecule has 116 valence electrons. The Labute approximate surface area is 133 Å². The van der Waals surface area contributed by atoms with E-state index in [0.717, 1.165) is 23.4 Å². The first-order chi connectivity index (χ1) is 9.64. The maximum Gasteiger partial charge on any atom is 0.167 e. The first-order valence-corrected chi connectivity index (χ1v) is 7.84. The van der Waals surface area contributed by atoms with Crippen LogP contribution in [0.5, 0.6) is 0 Å². The van der Waals surface area contributed by atoms with Gasteiger partial charge in [0.15, 0.2) is 5.79 Å². The highest BCUT2D eigenvalue weighted by atomic mass is 35.5. The summed E-state index contributed by atoms with van der Waals surface area (Å²) in [7, 11) is 0.